The quantitative estimate of drug-likeness (QED) is 0.562. The van der Waals surface area contributed by atoms with Crippen LogP contribution >= 0.6 is 22.9 Å². The molecule has 0 saturated heterocycles. The van der Waals surface area contributed by atoms with Gasteiger partial charge in [-0.25, -0.2) is 4.98 Å². The van der Waals surface area contributed by atoms with Gasteiger partial charge >= 0.3 is 0 Å². The minimum atomic E-state index is -0.353. The van der Waals surface area contributed by atoms with Crippen molar-refractivity contribution in [2.75, 3.05) is 12.4 Å². The van der Waals surface area contributed by atoms with Crippen LogP contribution in [0, 0.1) is 0 Å². The lowest BCUT2D eigenvalue weighted by molar-refractivity contribution is 0.0998. The molecule has 2 heterocycles. The van der Waals surface area contributed by atoms with Gasteiger partial charge in [-0.05, 0) is 42.5 Å². The molecule has 0 bridgehead atoms. The Morgan fingerprint density at radius 2 is 2.12 bits per heavy atom. The molecule has 0 radical (unpaired) electrons. The Balaban J connectivity index is 1.62. The lowest BCUT2D eigenvalue weighted by atomic mass is 10.2. The van der Waals surface area contributed by atoms with E-state index in [0.29, 0.717) is 15.7 Å². The molecule has 0 unspecified atom stereocenters. The van der Waals surface area contributed by atoms with Gasteiger partial charge in [0.1, 0.15) is 11.3 Å². The van der Waals surface area contributed by atoms with Crippen LogP contribution in [0.4, 0.5) is 5.13 Å². The molecule has 2 aromatic heterocycles. The zero-order chi connectivity index (χ0) is 16.7. The first-order chi connectivity index (χ1) is 11.6. The van der Waals surface area contributed by atoms with Gasteiger partial charge in [-0.1, -0.05) is 22.9 Å². The highest BCUT2D eigenvalue weighted by Gasteiger charge is 2.15. The second-order valence-electron chi connectivity index (χ2n) is 5.10. The number of carbonyl (C=O) groups is 1. The van der Waals surface area contributed by atoms with E-state index in [1.807, 2.05) is 18.2 Å². The molecule has 0 saturated carbocycles. The standard InChI is InChI=1S/C17H11ClN2O3S/c1-22-11-3-4-12-15(8-11)24-17(19-12)20-16(21)14-7-9-6-10(18)2-5-13(9)23-14/h2-8H,1H3,(H,19,20,21). The monoisotopic (exact) mass is 358 g/mol. The molecule has 4 aromatic rings. The molecule has 0 spiro atoms. The van der Waals surface area contributed by atoms with Gasteiger partial charge in [0, 0.05) is 10.4 Å². The van der Waals surface area contributed by atoms with E-state index < -0.39 is 0 Å². The first-order valence-corrected chi connectivity index (χ1v) is 8.27. The molecule has 5 nitrogen and oxygen atoms in total. The summed E-state index contributed by atoms with van der Waals surface area (Å²) in [6.07, 6.45) is 0. The lowest BCUT2D eigenvalue weighted by Crippen LogP contribution is -2.10. The number of fused-ring (bicyclic) bond motifs is 2. The average molecular weight is 359 g/mol. The second kappa shape index (κ2) is 5.81. The Kier molecular flexibility index (Phi) is 3.63. The molecular formula is C17H11ClN2O3S. The Bertz CT molecular complexity index is 1070. The van der Waals surface area contributed by atoms with Gasteiger partial charge in [-0.2, -0.15) is 0 Å². The minimum absolute atomic E-state index is 0.212. The number of nitrogens with one attached hydrogen (secondary N) is 1. The van der Waals surface area contributed by atoms with Crippen molar-refractivity contribution in [3.8, 4) is 5.75 Å². The smallest absolute Gasteiger partial charge is 0.293 e. The van der Waals surface area contributed by atoms with Crippen molar-refractivity contribution in [3.05, 3.63) is 53.2 Å². The summed E-state index contributed by atoms with van der Waals surface area (Å²) in [5, 5.41) is 4.64. The number of benzene rings is 2. The van der Waals surface area contributed by atoms with E-state index >= 15 is 0 Å². The molecular weight excluding hydrogens is 348 g/mol. The predicted octanol–water partition coefficient (Wildman–Crippen LogP) is 4.96. The number of aromatic nitrogens is 1. The molecule has 0 aliphatic rings. The molecule has 1 amide bonds. The Labute approximate surface area is 145 Å². The maximum Gasteiger partial charge on any atom is 0.293 e. The summed E-state index contributed by atoms with van der Waals surface area (Å²) < 4.78 is 11.7. The summed E-state index contributed by atoms with van der Waals surface area (Å²) >= 11 is 7.32. The number of rotatable bonds is 3. The number of hydrogen-bond donors (Lipinski definition) is 1. The van der Waals surface area contributed by atoms with Gasteiger partial charge in [-0.15, -0.1) is 0 Å². The third-order valence-electron chi connectivity index (χ3n) is 3.52. The van der Waals surface area contributed by atoms with Crippen molar-refractivity contribution in [1.82, 2.24) is 4.98 Å². The van der Waals surface area contributed by atoms with E-state index in [-0.39, 0.29) is 11.7 Å². The predicted molar refractivity (Wildman–Crippen MR) is 95.3 cm³/mol. The highest BCUT2D eigenvalue weighted by atomic mass is 35.5. The number of hydrogen-bond acceptors (Lipinski definition) is 5. The summed E-state index contributed by atoms with van der Waals surface area (Å²) in [7, 11) is 1.61. The van der Waals surface area contributed by atoms with Crippen LogP contribution < -0.4 is 10.1 Å². The van der Waals surface area contributed by atoms with Crippen LogP contribution in [0.15, 0.2) is 46.9 Å². The fourth-order valence-corrected chi connectivity index (χ4v) is 3.44. The largest absolute Gasteiger partial charge is 0.497 e. The van der Waals surface area contributed by atoms with E-state index in [1.165, 1.54) is 11.3 Å². The van der Waals surface area contributed by atoms with Crippen molar-refractivity contribution in [1.29, 1.82) is 0 Å². The van der Waals surface area contributed by atoms with Gasteiger partial charge < -0.3 is 9.15 Å². The minimum Gasteiger partial charge on any atom is -0.497 e. The molecule has 1 N–H and O–H groups in total. The van der Waals surface area contributed by atoms with E-state index in [0.717, 1.165) is 21.4 Å². The number of anilines is 1. The molecule has 0 atom stereocenters. The highest BCUT2D eigenvalue weighted by molar-refractivity contribution is 7.22. The van der Waals surface area contributed by atoms with Crippen molar-refractivity contribution in [2.24, 2.45) is 0 Å². The second-order valence-corrected chi connectivity index (χ2v) is 6.57. The number of carbonyl (C=O) groups excluding carboxylic acids is 1. The normalized spacial score (nSPS) is 11.1. The highest BCUT2D eigenvalue weighted by Crippen LogP contribution is 2.30. The van der Waals surface area contributed by atoms with Crippen molar-refractivity contribution >= 4 is 55.2 Å². The van der Waals surface area contributed by atoms with Gasteiger partial charge in [0.25, 0.3) is 5.91 Å². The number of nitrogens with zero attached hydrogens (tertiary/aromatic N) is 1. The third-order valence-corrected chi connectivity index (χ3v) is 4.69. The number of ether oxygens (including phenoxy) is 1. The van der Waals surface area contributed by atoms with Crippen LogP contribution in [0.5, 0.6) is 5.75 Å². The van der Waals surface area contributed by atoms with Gasteiger partial charge in [0.2, 0.25) is 0 Å². The molecule has 2 aromatic carbocycles. The maximum absolute atomic E-state index is 12.4. The third kappa shape index (κ3) is 2.70. The number of methoxy groups -OCH3 is 1. The molecule has 0 aliphatic carbocycles. The maximum atomic E-state index is 12.4. The molecule has 0 fully saturated rings. The van der Waals surface area contributed by atoms with E-state index in [2.05, 4.69) is 10.3 Å². The Morgan fingerprint density at radius 1 is 1.25 bits per heavy atom. The number of furan rings is 1. The first-order valence-electron chi connectivity index (χ1n) is 7.07. The number of thiazole rings is 1. The summed E-state index contributed by atoms with van der Waals surface area (Å²) in [5.41, 5.74) is 1.41. The van der Waals surface area contributed by atoms with Crippen LogP contribution in [0.2, 0.25) is 5.02 Å². The summed E-state index contributed by atoms with van der Waals surface area (Å²) in [5.74, 6) is 0.607. The lowest BCUT2D eigenvalue weighted by Gasteiger charge is -1.96. The number of amides is 1. The Hall–Kier alpha value is -2.57. The van der Waals surface area contributed by atoms with Gasteiger partial charge in [0.15, 0.2) is 10.9 Å². The molecule has 4 rings (SSSR count). The van der Waals surface area contributed by atoms with Crippen LogP contribution in [-0.2, 0) is 0 Å². The molecule has 24 heavy (non-hydrogen) atoms. The molecule has 7 heteroatoms. The summed E-state index contributed by atoms with van der Waals surface area (Å²) in [6, 6.07) is 12.4. The summed E-state index contributed by atoms with van der Waals surface area (Å²) in [4.78, 5) is 16.8. The molecule has 0 aliphatic heterocycles. The molecule has 120 valence electrons. The average Bonchev–Trinajstić information content (AvgIpc) is 3.16. The van der Waals surface area contributed by atoms with Crippen LogP contribution in [-0.4, -0.2) is 18.0 Å². The van der Waals surface area contributed by atoms with Crippen LogP contribution in [0.25, 0.3) is 21.2 Å². The van der Waals surface area contributed by atoms with E-state index in [1.54, 1.807) is 31.4 Å². The van der Waals surface area contributed by atoms with Crippen molar-refractivity contribution < 1.29 is 13.9 Å². The summed E-state index contributed by atoms with van der Waals surface area (Å²) in [6.45, 7) is 0. The van der Waals surface area contributed by atoms with Crippen molar-refractivity contribution in [2.45, 2.75) is 0 Å². The van der Waals surface area contributed by atoms with Crippen LogP contribution in [0.1, 0.15) is 10.6 Å². The van der Waals surface area contributed by atoms with Gasteiger partial charge in [0.05, 0.1) is 17.3 Å². The van der Waals surface area contributed by atoms with Crippen molar-refractivity contribution in [3.63, 3.8) is 0 Å². The zero-order valence-electron chi connectivity index (χ0n) is 12.5. The van der Waals surface area contributed by atoms with Crippen LogP contribution in [0.3, 0.4) is 0 Å². The zero-order valence-corrected chi connectivity index (χ0v) is 14.1. The topological polar surface area (TPSA) is 64.4 Å². The van der Waals surface area contributed by atoms with E-state index in [4.69, 9.17) is 20.8 Å². The SMILES string of the molecule is COc1ccc2nc(NC(=O)c3cc4cc(Cl)ccc4o3)sc2c1. The van der Waals surface area contributed by atoms with Gasteiger partial charge in [-0.3, -0.25) is 10.1 Å². The fourth-order valence-electron chi connectivity index (χ4n) is 2.37. The fraction of sp³-hybridized carbons (Fsp3) is 0.0588. The van der Waals surface area contributed by atoms with E-state index in [9.17, 15) is 4.79 Å². The first kappa shape index (κ1) is 15.0. The Morgan fingerprint density at radius 3 is 2.96 bits per heavy atom. The number of halogens is 1.